The highest BCUT2D eigenvalue weighted by Crippen LogP contribution is 2.19. The first-order valence-electron chi connectivity index (χ1n) is 9.37. The van der Waals surface area contributed by atoms with Crippen molar-refractivity contribution in [3.63, 3.8) is 0 Å². The van der Waals surface area contributed by atoms with Gasteiger partial charge in [0.05, 0.1) is 30.9 Å². The van der Waals surface area contributed by atoms with Gasteiger partial charge in [0, 0.05) is 12.6 Å². The van der Waals surface area contributed by atoms with Crippen molar-refractivity contribution in [2.24, 2.45) is 0 Å². The van der Waals surface area contributed by atoms with Crippen LogP contribution in [0.1, 0.15) is 36.0 Å². The number of carbonyl (C=O) groups is 1. The molecule has 1 aliphatic rings. The van der Waals surface area contributed by atoms with Crippen molar-refractivity contribution in [3.8, 4) is 6.07 Å². The van der Waals surface area contributed by atoms with E-state index in [2.05, 4.69) is 6.07 Å². The van der Waals surface area contributed by atoms with Crippen LogP contribution in [-0.2, 0) is 16.1 Å². The second-order valence-corrected chi connectivity index (χ2v) is 6.75. The lowest BCUT2D eigenvalue weighted by Gasteiger charge is -2.35. The van der Waals surface area contributed by atoms with Gasteiger partial charge in [-0.25, -0.2) is 0 Å². The molecule has 0 N–H and O–H groups in total. The molecular weight excluding hydrogens is 336 g/mol. The molecule has 0 aromatic heterocycles. The Labute approximate surface area is 160 Å². The van der Waals surface area contributed by atoms with Crippen molar-refractivity contribution in [1.29, 1.82) is 5.26 Å². The van der Waals surface area contributed by atoms with Gasteiger partial charge in [-0.05, 0) is 48.6 Å². The van der Waals surface area contributed by atoms with Gasteiger partial charge in [0.1, 0.15) is 0 Å². The van der Waals surface area contributed by atoms with Gasteiger partial charge in [0.25, 0.3) is 0 Å². The zero-order chi connectivity index (χ0) is 18.9. The molecule has 0 bridgehead atoms. The average molecular weight is 360 g/mol. The van der Waals surface area contributed by atoms with E-state index in [4.69, 9.17) is 10.00 Å². The first kappa shape index (κ1) is 18.9. The lowest BCUT2D eigenvalue weighted by molar-refractivity contribution is -0.131. The van der Waals surface area contributed by atoms with Crippen molar-refractivity contribution in [3.05, 3.63) is 77.4 Å². The summed E-state index contributed by atoms with van der Waals surface area (Å²) in [6.45, 7) is 1.80. The zero-order valence-electron chi connectivity index (χ0n) is 15.4. The van der Waals surface area contributed by atoms with Gasteiger partial charge in [-0.3, -0.25) is 4.79 Å². The largest absolute Gasteiger partial charge is 0.375 e. The Bertz CT molecular complexity index is 807. The molecule has 1 unspecified atom stereocenters. The van der Waals surface area contributed by atoms with E-state index in [1.165, 1.54) is 0 Å². The number of nitrogens with zero attached hydrogens (tertiary/aromatic N) is 2. The molecule has 0 saturated carbocycles. The van der Waals surface area contributed by atoms with Crippen molar-refractivity contribution in [2.75, 3.05) is 13.2 Å². The number of benzene rings is 2. The topological polar surface area (TPSA) is 53.3 Å². The van der Waals surface area contributed by atoms with Gasteiger partial charge in [-0.1, -0.05) is 42.5 Å². The van der Waals surface area contributed by atoms with Crippen LogP contribution in [0.25, 0.3) is 6.08 Å². The summed E-state index contributed by atoms with van der Waals surface area (Å²) in [5.41, 5.74) is 2.70. The van der Waals surface area contributed by atoms with Crippen LogP contribution in [0.2, 0.25) is 0 Å². The van der Waals surface area contributed by atoms with Crippen molar-refractivity contribution >= 4 is 12.0 Å². The lowest BCUT2D eigenvalue weighted by Crippen LogP contribution is -2.45. The number of rotatable bonds is 6. The normalized spacial score (nSPS) is 17.0. The Hall–Kier alpha value is -2.90. The maximum Gasteiger partial charge on any atom is 0.246 e. The maximum atomic E-state index is 12.6. The molecule has 4 heteroatoms. The van der Waals surface area contributed by atoms with Crippen molar-refractivity contribution < 1.29 is 9.53 Å². The minimum Gasteiger partial charge on any atom is -0.375 e. The third-order valence-electron chi connectivity index (χ3n) is 4.79. The monoisotopic (exact) mass is 360 g/mol. The number of likely N-dealkylation sites (tertiary alicyclic amines) is 1. The van der Waals surface area contributed by atoms with Gasteiger partial charge in [-0.2, -0.15) is 5.26 Å². The van der Waals surface area contributed by atoms with Gasteiger partial charge in [-0.15, -0.1) is 0 Å². The predicted molar refractivity (Wildman–Crippen MR) is 106 cm³/mol. The van der Waals surface area contributed by atoms with Gasteiger partial charge in [0.15, 0.2) is 0 Å². The van der Waals surface area contributed by atoms with Crippen LogP contribution in [0.4, 0.5) is 0 Å². The number of nitriles is 1. The van der Waals surface area contributed by atoms with E-state index in [9.17, 15) is 4.79 Å². The fourth-order valence-electron chi connectivity index (χ4n) is 3.28. The quantitative estimate of drug-likeness (QED) is 0.727. The third kappa shape index (κ3) is 5.54. The highest BCUT2D eigenvalue weighted by molar-refractivity contribution is 5.92. The molecule has 2 aromatic carbocycles. The van der Waals surface area contributed by atoms with Crippen LogP contribution in [0.3, 0.4) is 0 Å². The fraction of sp³-hybridized carbons (Fsp3) is 0.304. The van der Waals surface area contributed by atoms with Crippen LogP contribution in [0.15, 0.2) is 60.7 Å². The molecule has 1 atom stereocenters. The molecule has 1 amide bonds. The Morgan fingerprint density at radius 2 is 1.93 bits per heavy atom. The molecule has 1 saturated heterocycles. The van der Waals surface area contributed by atoms with Crippen LogP contribution in [0, 0.1) is 11.3 Å². The average Bonchev–Trinajstić information content (AvgIpc) is 2.73. The molecule has 0 aliphatic carbocycles. The van der Waals surface area contributed by atoms with Crippen LogP contribution < -0.4 is 0 Å². The van der Waals surface area contributed by atoms with E-state index in [0.29, 0.717) is 18.8 Å². The Balaban J connectivity index is 1.54. The standard InChI is InChI=1S/C23H24N2O2/c24-16-20-9-11-21(12-10-20)17-27-18-22-8-4-5-15-25(22)23(26)14-13-19-6-2-1-3-7-19/h1-3,6-7,9-14,22H,4-5,8,15,17-18H2/b14-13+. The Morgan fingerprint density at radius 3 is 2.67 bits per heavy atom. The molecule has 0 spiro atoms. The summed E-state index contributed by atoms with van der Waals surface area (Å²) in [5, 5.41) is 8.85. The number of hydrogen-bond acceptors (Lipinski definition) is 3. The van der Waals surface area contributed by atoms with Crippen LogP contribution >= 0.6 is 0 Å². The summed E-state index contributed by atoms with van der Waals surface area (Å²) < 4.78 is 5.87. The second-order valence-electron chi connectivity index (χ2n) is 6.75. The van der Waals surface area contributed by atoms with E-state index in [1.54, 1.807) is 18.2 Å². The number of carbonyl (C=O) groups excluding carboxylic acids is 1. The van der Waals surface area contributed by atoms with E-state index < -0.39 is 0 Å². The number of amides is 1. The van der Waals surface area contributed by atoms with Crippen LogP contribution in [-0.4, -0.2) is 30.0 Å². The minimum absolute atomic E-state index is 0.0468. The molecule has 27 heavy (non-hydrogen) atoms. The molecule has 1 fully saturated rings. The highest BCUT2D eigenvalue weighted by Gasteiger charge is 2.25. The Kier molecular flexibility index (Phi) is 6.78. The smallest absolute Gasteiger partial charge is 0.246 e. The van der Waals surface area contributed by atoms with E-state index in [1.807, 2.05) is 53.4 Å². The number of piperidine rings is 1. The summed E-state index contributed by atoms with van der Waals surface area (Å²) in [5.74, 6) is 0.0468. The lowest BCUT2D eigenvalue weighted by atomic mass is 10.0. The van der Waals surface area contributed by atoms with Crippen molar-refractivity contribution in [2.45, 2.75) is 31.9 Å². The molecule has 138 valence electrons. The zero-order valence-corrected chi connectivity index (χ0v) is 15.4. The van der Waals surface area contributed by atoms with E-state index in [-0.39, 0.29) is 11.9 Å². The van der Waals surface area contributed by atoms with Crippen LogP contribution in [0.5, 0.6) is 0 Å². The van der Waals surface area contributed by atoms with Crippen molar-refractivity contribution in [1.82, 2.24) is 4.90 Å². The van der Waals surface area contributed by atoms with E-state index >= 15 is 0 Å². The fourth-order valence-corrected chi connectivity index (χ4v) is 3.28. The molecular formula is C23H24N2O2. The maximum absolute atomic E-state index is 12.6. The minimum atomic E-state index is 0.0468. The van der Waals surface area contributed by atoms with Gasteiger partial charge in [0.2, 0.25) is 5.91 Å². The summed E-state index contributed by atoms with van der Waals surface area (Å²) in [4.78, 5) is 14.6. The molecule has 4 nitrogen and oxygen atoms in total. The summed E-state index contributed by atoms with van der Waals surface area (Å²) >= 11 is 0. The first-order chi connectivity index (χ1) is 13.3. The Morgan fingerprint density at radius 1 is 1.15 bits per heavy atom. The van der Waals surface area contributed by atoms with E-state index in [0.717, 1.165) is 36.9 Å². The molecule has 1 aliphatic heterocycles. The number of ether oxygens (including phenoxy) is 1. The molecule has 0 radical (unpaired) electrons. The molecule has 1 heterocycles. The summed E-state index contributed by atoms with van der Waals surface area (Å²) in [7, 11) is 0. The van der Waals surface area contributed by atoms with Gasteiger partial charge < -0.3 is 9.64 Å². The third-order valence-corrected chi connectivity index (χ3v) is 4.79. The predicted octanol–water partition coefficient (Wildman–Crippen LogP) is 4.17. The first-order valence-corrected chi connectivity index (χ1v) is 9.37. The second kappa shape index (κ2) is 9.70. The number of hydrogen-bond donors (Lipinski definition) is 0. The molecule has 3 rings (SSSR count). The summed E-state index contributed by atoms with van der Waals surface area (Å²) in [6, 6.07) is 19.5. The highest BCUT2D eigenvalue weighted by atomic mass is 16.5. The molecule has 2 aromatic rings. The SMILES string of the molecule is N#Cc1ccc(COCC2CCCCN2C(=O)/C=C/c2ccccc2)cc1. The van der Waals surface area contributed by atoms with Gasteiger partial charge >= 0.3 is 0 Å². The summed E-state index contributed by atoms with van der Waals surface area (Å²) in [6.07, 6.45) is 6.66.